The molecule has 0 aliphatic heterocycles. The minimum atomic E-state index is -0.575. The van der Waals surface area contributed by atoms with Crippen LogP contribution in [-0.4, -0.2) is 5.97 Å². The van der Waals surface area contributed by atoms with E-state index in [-0.39, 0.29) is 0 Å². The quantitative estimate of drug-likeness (QED) is 0.532. The van der Waals surface area contributed by atoms with E-state index in [9.17, 15) is 9.36 Å². The highest BCUT2D eigenvalue weighted by molar-refractivity contribution is 7.18. The van der Waals surface area contributed by atoms with E-state index in [1.807, 2.05) is 0 Å². The van der Waals surface area contributed by atoms with Crippen molar-refractivity contribution in [1.29, 1.82) is 0 Å². The van der Waals surface area contributed by atoms with Gasteiger partial charge in [-0.1, -0.05) is 0 Å². The summed E-state index contributed by atoms with van der Waals surface area (Å²) in [6.45, 7) is 5.08. The Hall–Kier alpha value is -0.430. The highest BCUT2D eigenvalue weighted by Crippen LogP contribution is 2.17. The molecule has 0 aliphatic carbocycles. The Bertz CT molecular complexity index is 125. The third kappa shape index (κ3) is 3.20. The van der Waals surface area contributed by atoms with Gasteiger partial charge in [-0.25, -0.2) is 4.57 Å². The number of carbonyl (C=O) groups is 1. The highest BCUT2D eigenvalue weighted by Gasteiger charge is 2.22. The molecule has 0 amide bonds. The van der Waals surface area contributed by atoms with E-state index in [1.165, 1.54) is 0 Å². The summed E-state index contributed by atoms with van der Waals surface area (Å²) in [5.41, 5.74) is -0.558. The summed E-state index contributed by atoms with van der Waals surface area (Å²) >= 11 is 0. The second-order valence-corrected chi connectivity index (χ2v) is 3.03. The van der Waals surface area contributed by atoms with Gasteiger partial charge in [-0.15, -0.1) is 0 Å². The van der Waals surface area contributed by atoms with Crippen LogP contribution in [-0.2, 0) is 13.9 Å². The fourth-order valence-corrected chi connectivity index (χ4v) is 0.512. The number of hydrogen-bond acceptors (Lipinski definition) is 3. The predicted molar refractivity (Wildman–Crippen MR) is 33.2 cm³/mol. The monoisotopic (exact) mass is 148 g/mol. The van der Waals surface area contributed by atoms with Gasteiger partial charge in [-0.05, 0) is 20.8 Å². The van der Waals surface area contributed by atoms with Crippen LogP contribution >= 0.6 is 8.69 Å². The third-order valence-corrected chi connectivity index (χ3v) is 0.973. The molecule has 0 atom stereocenters. The first kappa shape index (κ1) is 8.57. The van der Waals surface area contributed by atoms with Crippen molar-refractivity contribution < 1.29 is 13.9 Å². The van der Waals surface area contributed by atoms with Gasteiger partial charge in [0.25, 0.3) is 0 Å². The maximum absolute atomic E-state index is 10.6. The fraction of sp³-hybridized carbons (Fsp3) is 0.800. The lowest BCUT2D eigenvalue weighted by molar-refractivity contribution is -0.142. The first-order valence-electron chi connectivity index (χ1n) is 2.52. The van der Waals surface area contributed by atoms with Crippen LogP contribution in [0, 0.1) is 5.41 Å². The second kappa shape index (κ2) is 2.92. The second-order valence-electron chi connectivity index (χ2n) is 2.70. The van der Waals surface area contributed by atoms with Gasteiger partial charge in [0.2, 0.25) is 0 Å². The molecule has 4 heteroatoms. The third-order valence-electron chi connectivity index (χ3n) is 0.733. The topological polar surface area (TPSA) is 43.4 Å². The molecule has 0 rings (SSSR count). The molecule has 0 unspecified atom stereocenters. The number of carbonyl (C=O) groups excluding carboxylic acids is 1. The SMILES string of the molecule is CC(C)(C)C(=O)OP=O. The van der Waals surface area contributed by atoms with Crippen LogP contribution in [0.5, 0.6) is 0 Å². The summed E-state index contributed by atoms with van der Waals surface area (Å²) in [6, 6.07) is 0. The average Bonchev–Trinajstić information content (AvgIpc) is 1.64. The molecule has 0 radical (unpaired) electrons. The Kier molecular flexibility index (Phi) is 2.78. The normalized spacial score (nSPS) is 11.4. The zero-order valence-electron chi connectivity index (χ0n) is 5.67. The lowest BCUT2D eigenvalue weighted by atomic mass is 9.98. The lowest BCUT2D eigenvalue weighted by Crippen LogP contribution is -2.19. The average molecular weight is 148 g/mol. The van der Waals surface area contributed by atoms with Crippen LogP contribution < -0.4 is 0 Å². The van der Waals surface area contributed by atoms with E-state index in [0.717, 1.165) is 0 Å². The van der Waals surface area contributed by atoms with Crippen LogP contribution in [0.2, 0.25) is 0 Å². The zero-order valence-corrected chi connectivity index (χ0v) is 6.57. The van der Waals surface area contributed by atoms with E-state index in [0.29, 0.717) is 0 Å². The van der Waals surface area contributed by atoms with Crippen LogP contribution in [0.3, 0.4) is 0 Å². The van der Waals surface area contributed by atoms with Gasteiger partial charge < -0.3 is 4.52 Å². The minimum Gasteiger partial charge on any atom is -0.372 e. The van der Waals surface area contributed by atoms with Crippen molar-refractivity contribution in [3.05, 3.63) is 0 Å². The van der Waals surface area contributed by atoms with Crippen molar-refractivity contribution in [1.82, 2.24) is 0 Å². The van der Waals surface area contributed by atoms with E-state index in [2.05, 4.69) is 4.52 Å². The summed E-state index contributed by atoms with van der Waals surface area (Å²) in [5.74, 6) is -0.459. The van der Waals surface area contributed by atoms with Crippen molar-refractivity contribution in [3.63, 3.8) is 0 Å². The summed E-state index contributed by atoms with van der Waals surface area (Å²) in [6.07, 6.45) is 0. The number of hydrogen-bond donors (Lipinski definition) is 0. The summed E-state index contributed by atoms with van der Waals surface area (Å²) in [4.78, 5) is 10.6. The van der Waals surface area contributed by atoms with E-state index in [1.54, 1.807) is 20.8 Å². The zero-order chi connectivity index (χ0) is 7.49. The van der Waals surface area contributed by atoms with Crippen LogP contribution in [0.4, 0.5) is 0 Å². The Balaban J connectivity index is 3.88. The molecular formula is C5H9O3P. The summed E-state index contributed by atoms with van der Waals surface area (Å²) in [5, 5.41) is 0. The Morgan fingerprint density at radius 3 is 2.00 bits per heavy atom. The van der Waals surface area contributed by atoms with Gasteiger partial charge in [0.1, 0.15) is 0 Å². The molecule has 0 fully saturated rings. The van der Waals surface area contributed by atoms with Gasteiger partial charge in [-0.3, -0.25) is 4.79 Å². The van der Waals surface area contributed by atoms with Crippen molar-refractivity contribution in [2.75, 3.05) is 0 Å². The first-order valence-corrected chi connectivity index (χ1v) is 3.25. The van der Waals surface area contributed by atoms with Gasteiger partial charge in [0.05, 0.1) is 5.41 Å². The molecule has 0 N–H and O–H groups in total. The van der Waals surface area contributed by atoms with E-state index < -0.39 is 20.1 Å². The smallest absolute Gasteiger partial charge is 0.372 e. The Morgan fingerprint density at radius 2 is 1.89 bits per heavy atom. The summed E-state index contributed by atoms with van der Waals surface area (Å²) < 4.78 is 13.9. The Morgan fingerprint density at radius 1 is 1.44 bits per heavy atom. The van der Waals surface area contributed by atoms with Crippen molar-refractivity contribution in [2.45, 2.75) is 20.8 Å². The van der Waals surface area contributed by atoms with Crippen molar-refractivity contribution in [2.24, 2.45) is 5.41 Å². The molecule has 0 aromatic rings. The molecular weight excluding hydrogens is 139 g/mol. The lowest BCUT2D eigenvalue weighted by Gasteiger charge is -2.11. The summed E-state index contributed by atoms with van der Waals surface area (Å²) in [7, 11) is -0.575. The predicted octanol–water partition coefficient (Wildman–Crippen LogP) is 1.78. The standard InChI is InChI=1S/C5H9O3P/c1-5(2,3)4(6)8-9-7/h1-3H3. The number of rotatable bonds is 1. The molecule has 52 valence electrons. The van der Waals surface area contributed by atoms with E-state index in [4.69, 9.17) is 0 Å². The molecule has 3 nitrogen and oxygen atoms in total. The molecule has 0 heterocycles. The molecule has 0 saturated heterocycles. The minimum absolute atomic E-state index is 0.459. The maximum atomic E-state index is 10.6. The molecule has 0 saturated carbocycles. The molecule has 0 aromatic heterocycles. The van der Waals surface area contributed by atoms with Gasteiger partial charge in [0.15, 0.2) is 0 Å². The maximum Gasteiger partial charge on any atom is 0.398 e. The molecule has 0 aliphatic rings. The Labute approximate surface area is 55.7 Å². The molecule has 0 spiro atoms. The largest absolute Gasteiger partial charge is 0.398 e. The molecule has 9 heavy (non-hydrogen) atoms. The van der Waals surface area contributed by atoms with E-state index >= 15 is 0 Å². The highest BCUT2D eigenvalue weighted by atomic mass is 31.1. The van der Waals surface area contributed by atoms with Crippen LogP contribution in [0.1, 0.15) is 20.8 Å². The van der Waals surface area contributed by atoms with Crippen molar-refractivity contribution >= 4 is 14.7 Å². The van der Waals surface area contributed by atoms with Gasteiger partial charge in [0, 0.05) is 0 Å². The molecule has 0 bridgehead atoms. The van der Waals surface area contributed by atoms with Crippen LogP contribution in [0.25, 0.3) is 0 Å². The van der Waals surface area contributed by atoms with Gasteiger partial charge >= 0.3 is 14.7 Å². The van der Waals surface area contributed by atoms with Crippen LogP contribution in [0.15, 0.2) is 0 Å². The van der Waals surface area contributed by atoms with Crippen molar-refractivity contribution in [3.8, 4) is 0 Å². The fourth-order valence-electron chi connectivity index (χ4n) is 0.171. The van der Waals surface area contributed by atoms with Gasteiger partial charge in [-0.2, -0.15) is 0 Å². The first-order chi connectivity index (χ1) is 3.98. The molecule has 0 aromatic carbocycles.